The summed E-state index contributed by atoms with van der Waals surface area (Å²) in [5, 5.41) is 2.95. The van der Waals surface area contributed by atoms with E-state index in [4.69, 9.17) is 4.74 Å². The molecular weight excluding hydrogens is 208 g/mol. The molecule has 15 heavy (non-hydrogen) atoms. The van der Waals surface area contributed by atoms with Crippen molar-refractivity contribution in [2.75, 3.05) is 20.3 Å². The summed E-state index contributed by atoms with van der Waals surface area (Å²) >= 11 is 0. The second-order valence-corrected chi connectivity index (χ2v) is 3.70. The van der Waals surface area contributed by atoms with Gasteiger partial charge in [-0.05, 0) is 6.92 Å². The molecule has 0 saturated carbocycles. The fourth-order valence-corrected chi connectivity index (χ4v) is 1.40. The second-order valence-electron chi connectivity index (χ2n) is 3.70. The van der Waals surface area contributed by atoms with Crippen molar-refractivity contribution in [3.8, 4) is 0 Å². The van der Waals surface area contributed by atoms with Crippen molar-refractivity contribution in [2.45, 2.75) is 31.4 Å². The quantitative estimate of drug-likeness (QED) is 0.692. The molecule has 0 radical (unpaired) electrons. The summed E-state index contributed by atoms with van der Waals surface area (Å²) in [6.45, 7) is 2.57. The van der Waals surface area contributed by atoms with Crippen LogP contribution >= 0.6 is 0 Å². The summed E-state index contributed by atoms with van der Waals surface area (Å²) in [6, 6.07) is 0.0444. The van der Waals surface area contributed by atoms with E-state index in [0.717, 1.165) is 0 Å². The summed E-state index contributed by atoms with van der Waals surface area (Å²) in [7, 11) is 1.56. The number of carbonyl (C=O) groups is 1. The molecule has 2 atom stereocenters. The van der Waals surface area contributed by atoms with Gasteiger partial charge in [0, 0.05) is 19.7 Å². The maximum atomic E-state index is 12.7. The zero-order chi connectivity index (χ0) is 11.5. The van der Waals surface area contributed by atoms with Crippen molar-refractivity contribution in [1.29, 1.82) is 0 Å². The smallest absolute Gasteiger partial charge is 0.377 e. The van der Waals surface area contributed by atoms with Gasteiger partial charge in [-0.3, -0.25) is 0 Å². The lowest BCUT2D eigenvalue weighted by Gasteiger charge is -2.15. The predicted octanol–water partition coefficient (Wildman–Crippen LogP) is 0.562. The third-order valence-corrected chi connectivity index (χ3v) is 2.17. The molecule has 1 heterocycles. The highest BCUT2D eigenvalue weighted by atomic mass is 19.3. The predicted molar refractivity (Wildman–Crippen MR) is 48.8 cm³/mol. The normalized spacial score (nSPS) is 26.4. The number of hydrogen-bond donors (Lipinski definition) is 1. The van der Waals surface area contributed by atoms with Gasteiger partial charge in [-0.2, -0.15) is 8.78 Å². The number of methoxy groups -OCH3 is 1. The molecule has 0 spiro atoms. The Bertz CT molecular complexity index is 235. The van der Waals surface area contributed by atoms with E-state index in [0.29, 0.717) is 6.61 Å². The lowest BCUT2D eigenvalue weighted by Crippen LogP contribution is -2.36. The Morgan fingerprint density at radius 2 is 2.40 bits per heavy atom. The van der Waals surface area contributed by atoms with Crippen LogP contribution in [0, 0.1) is 0 Å². The van der Waals surface area contributed by atoms with Gasteiger partial charge in [0.15, 0.2) is 0 Å². The average molecular weight is 223 g/mol. The molecule has 0 amide bonds. The van der Waals surface area contributed by atoms with E-state index in [1.54, 1.807) is 7.11 Å². The molecule has 4 nitrogen and oxygen atoms in total. The molecule has 1 rings (SSSR count). The molecule has 0 aromatic carbocycles. The van der Waals surface area contributed by atoms with Crippen LogP contribution in [0.25, 0.3) is 0 Å². The van der Waals surface area contributed by atoms with Crippen molar-refractivity contribution in [3.63, 3.8) is 0 Å². The number of halogens is 2. The molecule has 1 N–H and O–H groups in total. The van der Waals surface area contributed by atoms with Crippen LogP contribution in [0.2, 0.25) is 0 Å². The standard InChI is InChI=1S/C9H15F2NO3/c1-6(5-14-2)12-4-7-3-9(10,11)8(13)15-7/h6-7,12H,3-5H2,1-2H3. The molecule has 0 aromatic rings. The maximum Gasteiger partial charge on any atom is 0.377 e. The number of ether oxygens (including phenoxy) is 2. The van der Waals surface area contributed by atoms with E-state index in [1.807, 2.05) is 6.92 Å². The molecule has 88 valence electrons. The van der Waals surface area contributed by atoms with Gasteiger partial charge in [0.1, 0.15) is 6.10 Å². The minimum absolute atomic E-state index is 0.0444. The van der Waals surface area contributed by atoms with Gasteiger partial charge in [-0.1, -0.05) is 0 Å². The molecule has 1 aliphatic rings. The minimum Gasteiger partial charge on any atom is -0.456 e. The van der Waals surface area contributed by atoms with Crippen LogP contribution in [0.1, 0.15) is 13.3 Å². The molecule has 0 aliphatic carbocycles. The number of carbonyl (C=O) groups excluding carboxylic acids is 1. The highest BCUT2D eigenvalue weighted by Gasteiger charge is 2.50. The Kier molecular flexibility index (Phi) is 3.98. The Labute approximate surface area is 86.9 Å². The number of hydrogen-bond acceptors (Lipinski definition) is 4. The summed E-state index contributed by atoms with van der Waals surface area (Å²) < 4.78 is 34.8. The fourth-order valence-electron chi connectivity index (χ4n) is 1.40. The Balaban J connectivity index is 2.27. The van der Waals surface area contributed by atoms with Gasteiger partial charge in [-0.15, -0.1) is 0 Å². The first-order valence-electron chi connectivity index (χ1n) is 4.77. The topological polar surface area (TPSA) is 47.6 Å². The first kappa shape index (κ1) is 12.3. The van der Waals surface area contributed by atoms with E-state index in [2.05, 4.69) is 10.1 Å². The van der Waals surface area contributed by atoms with Gasteiger partial charge in [0.05, 0.1) is 13.0 Å². The lowest BCUT2D eigenvalue weighted by molar-refractivity contribution is -0.159. The van der Waals surface area contributed by atoms with Gasteiger partial charge in [0.2, 0.25) is 0 Å². The monoisotopic (exact) mass is 223 g/mol. The van der Waals surface area contributed by atoms with Crippen LogP contribution in [0.3, 0.4) is 0 Å². The summed E-state index contributed by atoms with van der Waals surface area (Å²) in [4.78, 5) is 10.7. The fraction of sp³-hybridized carbons (Fsp3) is 0.889. The van der Waals surface area contributed by atoms with Crippen LogP contribution < -0.4 is 5.32 Å². The summed E-state index contributed by atoms with van der Waals surface area (Å²) in [5.41, 5.74) is 0. The van der Waals surface area contributed by atoms with Crippen molar-refractivity contribution < 1.29 is 23.0 Å². The Morgan fingerprint density at radius 3 is 2.87 bits per heavy atom. The van der Waals surface area contributed by atoms with E-state index in [1.165, 1.54) is 0 Å². The number of esters is 1. The third-order valence-electron chi connectivity index (χ3n) is 2.17. The first-order chi connectivity index (χ1) is 6.95. The minimum atomic E-state index is -3.32. The Hall–Kier alpha value is -0.750. The first-order valence-corrected chi connectivity index (χ1v) is 4.77. The van der Waals surface area contributed by atoms with Crippen LogP contribution in [-0.4, -0.2) is 44.3 Å². The highest BCUT2D eigenvalue weighted by Crippen LogP contribution is 2.30. The van der Waals surface area contributed by atoms with Gasteiger partial charge in [0.25, 0.3) is 0 Å². The van der Waals surface area contributed by atoms with Gasteiger partial charge < -0.3 is 14.8 Å². The molecule has 1 aliphatic heterocycles. The summed E-state index contributed by atoms with van der Waals surface area (Å²) in [6.07, 6.45) is -1.29. The van der Waals surface area contributed by atoms with Crippen LogP contribution in [0.15, 0.2) is 0 Å². The van der Waals surface area contributed by atoms with Crippen molar-refractivity contribution in [1.82, 2.24) is 5.32 Å². The molecule has 0 bridgehead atoms. The molecule has 6 heteroatoms. The SMILES string of the molecule is COCC(C)NCC1CC(F)(F)C(=O)O1. The maximum absolute atomic E-state index is 12.7. The largest absolute Gasteiger partial charge is 0.456 e. The average Bonchev–Trinajstić information content (AvgIpc) is 2.38. The number of alkyl halides is 2. The van der Waals surface area contributed by atoms with Crippen molar-refractivity contribution in [3.05, 3.63) is 0 Å². The van der Waals surface area contributed by atoms with Crippen LogP contribution in [-0.2, 0) is 14.3 Å². The van der Waals surface area contributed by atoms with E-state index < -0.39 is 24.4 Å². The molecule has 0 aromatic heterocycles. The molecular formula is C9H15F2NO3. The van der Waals surface area contributed by atoms with Crippen LogP contribution in [0.4, 0.5) is 8.78 Å². The Morgan fingerprint density at radius 1 is 1.73 bits per heavy atom. The molecule has 2 unspecified atom stereocenters. The summed E-state index contributed by atoms with van der Waals surface area (Å²) in [5.74, 6) is -4.75. The van der Waals surface area contributed by atoms with Crippen molar-refractivity contribution >= 4 is 5.97 Å². The zero-order valence-electron chi connectivity index (χ0n) is 8.76. The second kappa shape index (κ2) is 4.85. The van der Waals surface area contributed by atoms with Crippen LogP contribution in [0.5, 0.6) is 0 Å². The van der Waals surface area contributed by atoms with E-state index in [9.17, 15) is 13.6 Å². The molecule has 1 saturated heterocycles. The lowest BCUT2D eigenvalue weighted by atomic mass is 10.2. The van der Waals surface area contributed by atoms with E-state index in [-0.39, 0.29) is 12.6 Å². The van der Waals surface area contributed by atoms with Gasteiger partial charge >= 0.3 is 11.9 Å². The molecule has 1 fully saturated rings. The number of nitrogens with one attached hydrogen (secondary N) is 1. The number of rotatable bonds is 5. The van der Waals surface area contributed by atoms with E-state index >= 15 is 0 Å². The zero-order valence-corrected chi connectivity index (χ0v) is 8.76. The van der Waals surface area contributed by atoms with Gasteiger partial charge in [-0.25, -0.2) is 4.79 Å². The number of cyclic esters (lactones) is 1. The highest BCUT2D eigenvalue weighted by molar-refractivity contribution is 5.79. The third kappa shape index (κ3) is 3.39. The van der Waals surface area contributed by atoms with Crippen molar-refractivity contribution in [2.24, 2.45) is 0 Å².